The highest BCUT2D eigenvalue weighted by molar-refractivity contribution is 5.90. The Hall–Kier alpha value is -1.62. The van der Waals surface area contributed by atoms with E-state index in [4.69, 9.17) is 14.6 Å². The summed E-state index contributed by atoms with van der Waals surface area (Å²) in [7, 11) is 0. The van der Waals surface area contributed by atoms with Crippen molar-refractivity contribution in [3.8, 4) is 0 Å². The Bertz CT molecular complexity index is 293. The van der Waals surface area contributed by atoms with Gasteiger partial charge in [-0.05, 0) is 13.8 Å². The maximum Gasteiger partial charge on any atom is 0.331 e. The maximum atomic E-state index is 10.9. The summed E-state index contributed by atoms with van der Waals surface area (Å²) in [5, 5.41) is 8.26. The molecule has 1 N–H and O–H groups in total. The van der Waals surface area contributed by atoms with Crippen molar-refractivity contribution in [1.29, 1.82) is 0 Å². The molecule has 0 saturated carbocycles. The van der Waals surface area contributed by atoms with Gasteiger partial charge in [0.2, 0.25) is 0 Å². The molecule has 0 bridgehead atoms. The van der Waals surface area contributed by atoms with Crippen LogP contribution in [0.25, 0.3) is 0 Å². The van der Waals surface area contributed by atoms with Gasteiger partial charge in [-0.1, -0.05) is 12.2 Å². The molecule has 0 spiro atoms. The number of rotatable bonds is 7. The third-order valence-electron chi connectivity index (χ3n) is 1.44. The number of aliphatic carboxylic acids is 1. The lowest BCUT2D eigenvalue weighted by Gasteiger charge is -2.12. The maximum absolute atomic E-state index is 10.9. The average molecular weight is 228 g/mol. The lowest BCUT2D eigenvalue weighted by atomic mass is 10.3. The Morgan fingerprint density at radius 3 is 2.56 bits per heavy atom. The van der Waals surface area contributed by atoms with E-state index in [2.05, 4.69) is 6.58 Å². The molecule has 0 radical (unpaired) electrons. The fraction of sp³-hybridized carbons (Fsp3) is 0.455. The van der Waals surface area contributed by atoms with Gasteiger partial charge >= 0.3 is 11.9 Å². The zero-order valence-electron chi connectivity index (χ0n) is 9.43. The van der Waals surface area contributed by atoms with Gasteiger partial charge in [0.25, 0.3) is 0 Å². The van der Waals surface area contributed by atoms with Gasteiger partial charge < -0.3 is 14.6 Å². The smallest absolute Gasteiger partial charge is 0.331 e. The van der Waals surface area contributed by atoms with E-state index in [1.807, 2.05) is 6.92 Å². The first-order valence-corrected chi connectivity index (χ1v) is 4.75. The number of carbonyl (C=O) groups is 2. The van der Waals surface area contributed by atoms with E-state index in [9.17, 15) is 9.59 Å². The third-order valence-corrected chi connectivity index (χ3v) is 1.44. The summed E-state index contributed by atoms with van der Waals surface area (Å²) in [5.74, 6) is -1.89. The summed E-state index contributed by atoms with van der Waals surface area (Å²) < 4.78 is 10.0. The van der Waals surface area contributed by atoms with Gasteiger partial charge in [-0.15, -0.1) is 0 Å². The van der Waals surface area contributed by atoms with Crippen LogP contribution in [0, 0.1) is 0 Å². The van der Waals surface area contributed by atoms with E-state index in [0.29, 0.717) is 6.61 Å². The van der Waals surface area contributed by atoms with Crippen LogP contribution in [-0.2, 0) is 19.1 Å². The number of carboxylic acids is 1. The molecule has 0 amide bonds. The topological polar surface area (TPSA) is 72.8 Å². The van der Waals surface area contributed by atoms with Gasteiger partial charge in [-0.25, -0.2) is 9.59 Å². The molecular weight excluding hydrogens is 212 g/mol. The molecule has 1 unspecified atom stereocenters. The summed E-state index contributed by atoms with van der Waals surface area (Å²) in [5.41, 5.74) is 0.879. The number of carboxylic acid groups (broad SMARTS) is 1. The van der Waals surface area contributed by atoms with Crippen LogP contribution in [0.4, 0.5) is 0 Å². The minimum absolute atomic E-state index is 0.0794. The SMILES string of the molecule is C=C(C)COC(C)COC(=O)/C=C\C(=O)O. The molecule has 0 aliphatic carbocycles. The Morgan fingerprint density at radius 1 is 1.44 bits per heavy atom. The summed E-state index contributed by atoms with van der Waals surface area (Å²) >= 11 is 0. The fourth-order valence-corrected chi connectivity index (χ4v) is 0.720. The van der Waals surface area contributed by atoms with Crippen molar-refractivity contribution < 1.29 is 24.2 Å². The third kappa shape index (κ3) is 8.96. The molecule has 0 aromatic carbocycles. The van der Waals surface area contributed by atoms with Crippen LogP contribution in [-0.4, -0.2) is 36.4 Å². The zero-order valence-corrected chi connectivity index (χ0v) is 9.43. The Kier molecular flexibility index (Phi) is 6.87. The van der Waals surface area contributed by atoms with Gasteiger partial charge in [0.05, 0.1) is 12.7 Å². The highest BCUT2D eigenvalue weighted by atomic mass is 16.6. The quantitative estimate of drug-likeness (QED) is 0.402. The molecular formula is C11H16O5. The fourth-order valence-electron chi connectivity index (χ4n) is 0.720. The van der Waals surface area contributed by atoms with E-state index < -0.39 is 11.9 Å². The van der Waals surface area contributed by atoms with Gasteiger partial charge in [0.1, 0.15) is 6.61 Å². The second kappa shape index (κ2) is 7.64. The lowest BCUT2D eigenvalue weighted by molar-refractivity contribution is -0.142. The van der Waals surface area contributed by atoms with Crippen molar-refractivity contribution in [2.24, 2.45) is 0 Å². The monoisotopic (exact) mass is 228 g/mol. The summed E-state index contributed by atoms with van der Waals surface area (Å²) in [6.45, 7) is 7.72. The molecule has 5 nitrogen and oxygen atoms in total. The Morgan fingerprint density at radius 2 is 2.06 bits per heavy atom. The lowest BCUT2D eigenvalue weighted by Crippen LogP contribution is -2.19. The number of ether oxygens (including phenoxy) is 2. The second-order valence-corrected chi connectivity index (χ2v) is 3.38. The molecule has 0 rings (SSSR count). The first-order valence-electron chi connectivity index (χ1n) is 4.75. The summed E-state index contributed by atoms with van der Waals surface area (Å²) in [4.78, 5) is 21.0. The predicted octanol–water partition coefficient (Wildman–Crippen LogP) is 1.15. The molecule has 0 aliphatic heterocycles. The molecule has 0 aromatic heterocycles. The normalized spacial score (nSPS) is 12.4. The molecule has 1 atom stereocenters. The Balaban J connectivity index is 3.74. The van der Waals surface area contributed by atoms with Crippen LogP contribution >= 0.6 is 0 Å². The minimum Gasteiger partial charge on any atom is -0.478 e. The second-order valence-electron chi connectivity index (χ2n) is 3.38. The molecule has 5 heteroatoms. The molecule has 0 fully saturated rings. The van der Waals surface area contributed by atoms with Crippen LogP contribution in [0.3, 0.4) is 0 Å². The molecule has 90 valence electrons. The van der Waals surface area contributed by atoms with Crippen molar-refractivity contribution in [2.75, 3.05) is 13.2 Å². The molecule has 0 saturated heterocycles. The number of carbonyl (C=O) groups excluding carboxylic acids is 1. The van der Waals surface area contributed by atoms with Crippen LogP contribution in [0.15, 0.2) is 24.3 Å². The van der Waals surface area contributed by atoms with Crippen LogP contribution in [0.1, 0.15) is 13.8 Å². The first-order chi connectivity index (χ1) is 7.41. The van der Waals surface area contributed by atoms with Crippen LogP contribution < -0.4 is 0 Å². The highest BCUT2D eigenvalue weighted by Crippen LogP contribution is 1.97. The van der Waals surface area contributed by atoms with Crippen LogP contribution in [0.2, 0.25) is 0 Å². The van der Waals surface area contributed by atoms with Crippen molar-refractivity contribution in [1.82, 2.24) is 0 Å². The van der Waals surface area contributed by atoms with Gasteiger partial charge in [-0.3, -0.25) is 0 Å². The molecule has 0 aromatic rings. The predicted molar refractivity (Wildman–Crippen MR) is 58.0 cm³/mol. The van der Waals surface area contributed by atoms with E-state index in [0.717, 1.165) is 17.7 Å². The zero-order chi connectivity index (χ0) is 12.6. The van der Waals surface area contributed by atoms with Gasteiger partial charge in [0, 0.05) is 12.2 Å². The minimum atomic E-state index is -1.19. The van der Waals surface area contributed by atoms with Gasteiger partial charge in [0.15, 0.2) is 0 Å². The summed E-state index contributed by atoms with van der Waals surface area (Å²) in [6, 6.07) is 0. The van der Waals surface area contributed by atoms with E-state index in [1.165, 1.54) is 0 Å². The molecule has 16 heavy (non-hydrogen) atoms. The largest absolute Gasteiger partial charge is 0.478 e. The highest BCUT2D eigenvalue weighted by Gasteiger charge is 2.05. The van der Waals surface area contributed by atoms with E-state index in [1.54, 1.807) is 6.92 Å². The van der Waals surface area contributed by atoms with Crippen molar-refractivity contribution in [2.45, 2.75) is 20.0 Å². The number of hydrogen-bond donors (Lipinski definition) is 1. The Labute approximate surface area is 94.4 Å². The number of esters is 1. The van der Waals surface area contributed by atoms with E-state index >= 15 is 0 Å². The van der Waals surface area contributed by atoms with Gasteiger partial charge in [-0.2, -0.15) is 0 Å². The van der Waals surface area contributed by atoms with Crippen molar-refractivity contribution in [3.63, 3.8) is 0 Å². The molecule has 0 heterocycles. The number of hydrogen-bond acceptors (Lipinski definition) is 4. The van der Waals surface area contributed by atoms with Crippen molar-refractivity contribution >= 4 is 11.9 Å². The van der Waals surface area contributed by atoms with Crippen LogP contribution in [0.5, 0.6) is 0 Å². The summed E-state index contributed by atoms with van der Waals surface area (Å²) in [6.07, 6.45) is 1.33. The van der Waals surface area contributed by atoms with Crippen molar-refractivity contribution in [3.05, 3.63) is 24.3 Å². The standard InChI is InChI=1S/C11H16O5/c1-8(2)6-15-9(3)7-16-11(14)5-4-10(12)13/h4-5,9H,1,6-7H2,2-3H3,(H,12,13)/b5-4-. The average Bonchev–Trinajstić information content (AvgIpc) is 2.20. The molecule has 0 aliphatic rings. The first kappa shape index (κ1) is 14.4. The van der Waals surface area contributed by atoms with E-state index in [-0.39, 0.29) is 12.7 Å².